The van der Waals surface area contributed by atoms with E-state index in [1.165, 1.54) is 45.3 Å². The Bertz CT molecular complexity index is 1400. The first kappa shape index (κ1) is 23.2. The number of aryl methyl sites for hydroxylation is 1. The second kappa shape index (κ2) is 8.97. The highest BCUT2D eigenvalue weighted by Gasteiger charge is 2.23. The Hall–Kier alpha value is -3.44. The highest BCUT2D eigenvalue weighted by Crippen LogP contribution is 2.28. The smallest absolute Gasteiger partial charge is 0.316 e. The van der Waals surface area contributed by atoms with Crippen LogP contribution in [0.1, 0.15) is 31.1 Å². The van der Waals surface area contributed by atoms with Crippen LogP contribution < -0.4 is 16.4 Å². The summed E-state index contributed by atoms with van der Waals surface area (Å²) in [5.74, 6) is -0.930. The number of phenols is 1. The van der Waals surface area contributed by atoms with Crippen LogP contribution in [0.4, 0.5) is 5.69 Å². The molecule has 1 heterocycles. The van der Waals surface area contributed by atoms with E-state index in [4.69, 9.17) is 0 Å². The molecule has 0 aliphatic carbocycles. The number of fused-ring (bicyclic) bond motifs is 1. The summed E-state index contributed by atoms with van der Waals surface area (Å²) in [5, 5.41) is 12.6. The number of hydrogen-bond acceptors (Lipinski definition) is 6. The predicted octanol–water partition coefficient (Wildman–Crippen LogP) is 1.70. The van der Waals surface area contributed by atoms with E-state index in [2.05, 4.69) is 10.3 Å². The zero-order valence-electron chi connectivity index (χ0n) is 17.9. The minimum Gasteiger partial charge on any atom is -0.506 e. The monoisotopic (exact) mass is 460 g/mol. The summed E-state index contributed by atoms with van der Waals surface area (Å²) in [5.41, 5.74) is -0.659. The lowest BCUT2D eigenvalue weighted by molar-refractivity contribution is 0.102. The van der Waals surface area contributed by atoms with E-state index in [-0.39, 0.29) is 41.5 Å². The van der Waals surface area contributed by atoms with Crippen LogP contribution in [-0.2, 0) is 16.6 Å². The molecule has 32 heavy (non-hydrogen) atoms. The number of nitrogens with one attached hydrogen (secondary N) is 2. The molecule has 0 unspecified atom stereocenters. The van der Waals surface area contributed by atoms with Crippen LogP contribution in [0, 0.1) is 0 Å². The zero-order chi connectivity index (χ0) is 23.6. The average molecular weight is 461 g/mol. The number of H-pyrrole nitrogens is 1. The largest absolute Gasteiger partial charge is 0.506 e. The van der Waals surface area contributed by atoms with Crippen LogP contribution in [0.15, 0.2) is 50.9 Å². The number of benzene rings is 2. The van der Waals surface area contributed by atoms with Crippen molar-refractivity contribution in [2.24, 2.45) is 0 Å². The molecule has 1 amide bonds. The number of aromatic hydroxyl groups is 1. The summed E-state index contributed by atoms with van der Waals surface area (Å²) in [7, 11) is -3.79. The molecule has 2 aromatic carbocycles. The van der Waals surface area contributed by atoms with Crippen LogP contribution in [0.2, 0.25) is 0 Å². The van der Waals surface area contributed by atoms with E-state index in [1.807, 2.05) is 0 Å². The van der Waals surface area contributed by atoms with Crippen molar-refractivity contribution >= 4 is 32.7 Å². The Kier molecular flexibility index (Phi) is 6.51. The number of rotatable bonds is 7. The van der Waals surface area contributed by atoms with Crippen molar-refractivity contribution in [2.45, 2.75) is 32.2 Å². The van der Waals surface area contributed by atoms with Crippen molar-refractivity contribution in [1.29, 1.82) is 0 Å². The molecule has 1 aromatic heterocycles. The van der Waals surface area contributed by atoms with Crippen molar-refractivity contribution in [3.8, 4) is 5.75 Å². The van der Waals surface area contributed by atoms with Crippen LogP contribution in [0.25, 0.3) is 11.0 Å². The highest BCUT2D eigenvalue weighted by atomic mass is 32.2. The maximum absolute atomic E-state index is 12.8. The van der Waals surface area contributed by atoms with Crippen molar-refractivity contribution in [3.63, 3.8) is 0 Å². The number of amides is 1. The van der Waals surface area contributed by atoms with Gasteiger partial charge in [0.1, 0.15) is 5.75 Å². The first-order valence-electron chi connectivity index (χ1n) is 10.0. The summed E-state index contributed by atoms with van der Waals surface area (Å²) in [6.07, 6.45) is 0. The third kappa shape index (κ3) is 4.16. The molecule has 0 saturated heterocycles. The average Bonchev–Trinajstić information content (AvgIpc) is 2.76. The third-order valence-electron chi connectivity index (χ3n) is 5.11. The molecule has 0 fully saturated rings. The van der Waals surface area contributed by atoms with Gasteiger partial charge in [0.05, 0.1) is 21.6 Å². The van der Waals surface area contributed by atoms with Gasteiger partial charge in [0.15, 0.2) is 0 Å². The van der Waals surface area contributed by atoms with Crippen LogP contribution in [0.3, 0.4) is 0 Å². The Morgan fingerprint density at radius 2 is 1.78 bits per heavy atom. The van der Waals surface area contributed by atoms with Gasteiger partial charge in [-0.25, -0.2) is 8.42 Å². The quantitative estimate of drug-likeness (QED) is 0.362. The van der Waals surface area contributed by atoms with Crippen molar-refractivity contribution in [1.82, 2.24) is 13.9 Å². The Balaban J connectivity index is 1.99. The first-order chi connectivity index (χ1) is 15.1. The van der Waals surface area contributed by atoms with E-state index >= 15 is 0 Å². The second-order valence-corrected chi connectivity index (χ2v) is 8.90. The van der Waals surface area contributed by atoms with E-state index in [0.717, 1.165) is 0 Å². The minimum absolute atomic E-state index is 0.0656. The number of aromatic amines is 1. The molecule has 11 heteroatoms. The van der Waals surface area contributed by atoms with Crippen LogP contribution in [-0.4, -0.2) is 46.4 Å². The van der Waals surface area contributed by atoms with Crippen LogP contribution >= 0.6 is 0 Å². The lowest BCUT2D eigenvalue weighted by Gasteiger charge is -2.19. The highest BCUT2D eigenvalue weighted by molar-refractivity contribution is 7.89. The first-order valence-corrected chi connectivity index (χ1v) is 11.5. The summed E-state index contributed by atoms with van der Waals surface area (Å²) in [6, 6.07) is 8.07. The molecule has 0 saturated carbocycles. The molecule has 0 aliphatic heterocycles. The fourth-order valence-corrected chi connectivity index (χ4v) is 4.90. The predicted molar refractivity (Wildman–Crippen MR) is 121 cm³/mol. The van der Waals surface area contributed by atoms with Gasteiger partial charge in [-0.3, -0.25) is 14.4 Å². The number of carbonyl (C=O) groups is 1. The van der Waals surface area contributed by atoms with Crippen molar-refractivity contribution in [3.05, 3.63) is 62.7 Å². The second-order valence-electron chi connectivity index (χ2n) is 6.96. The van der Waals surface area contributed by atoms with Crippen molar-refractivity contribution in [2.75, 3.05) is 18.4 Å². The lowest BCUT2D eigenvalue weighted by Crippen LogP contribution is -2.36. The van der Waals surface area contributed by atoms with Crippen molar-refractivity contribution < 1.29 is 18.3 Å². The summed E-state index contributed by atoms with van der Waals surface area (Å²) in [6.45, 7) is 5.99. The molecule has 0 spiro atoms. The van der Waals surface area contributed by atoms with Gasteiger partial charge in [-0.15, -0.1) is 0 Å². The molecular formula is C21H24N4O6S. The molecular weight excluding hydrogens is 436 g/mol. The number of carbonyl (C=O) groups excluding carboxylic acids is 1. The number of sulfonamides is 1. The number of phenolic OH excluding ortho intramolecular Hbond substituents is 1. The van der Waals surface area contributed by atoms with Crippen LogP contribution in [0.5, 0.6) is 5.75 Å². The molecule has 0 bridgehead atoms. The maximum atomic E-state index is 12.8. The van der Waals surface area contributed by atoms with Gasteiger partial charge in [0, 0.05) is 25.2 Å². The molecule has 0 radical (unpaired) electrons. The van der Waals surface area contributed by atoms with E-state index in [9.17, 15) is 27.9 Å². The molecule has 10 nitrogen and oxygen atoms in total. The molecule has 3 rings (SSSR count). The zero-order valence-corrected chi connectivity index (χ0v) is 18.7. The van der Waals surface area contributed by atoms with Gasteiger partial charge < -0.3 is 20.0 Å². The Morgan fingerprint density at radius 3 is 2.41 bits per heavy atom. The fraction of sp³-hybridized carbons (Fsp3) is 0.286. The standard InChI is InChI=1S/C21H24N4O6S/c1-4-24(5-2)32(30,31)14-8-10-18(26)16(12-14)23-19(27)13-7-9-17-15(11-13)22-20(28)21(29)25(17)6-3/h7-12,26H,4-6H2,1-3H3,(H,22,28)(H,23,27). The minimum atomic E-state index is -3.79. The molecule has 3 N–H and O–H groups in total. The molecule has 3 aromatic rings. The number of aromatic nitrogens is 2. The van der Waals surface area contributed by atoms with Gasteiger partial charge in [-0.1, -0.05) is 13.8 Å². The Labute approximate surface area is 184 Å². The summed E-state index contributed by atoms with van der Waals surface area (Å²) < 4.78 is 28.1. The number of nitrogens with zero attached hydrogens (tertiary/aromatic N) is 2. The number of anilines is 1. The topological polar surface area (TPSA) is 142 Å². The third-order valence-corrected chi connectivity index (χ3v) is 7.16. The van der Waals surface area contributed by atoms with Gasteiger partial charge in [0.25, 0.3) is 5.91 Å². The summed E-state index contributed by atoms with van der Waals surface area (Å²) in [4.78, 5) is 39.0. The van der Waals surface area contributed by atoms with E-state index in [0.29, 0.717) is 11.0 Å². The lowest BCUT2D eigenvalue weighted by atomic mass is 10.1. The summed E-state index contributed by atoms with van der Waals surface area (Å²) >= 11 is 0. The molecule has 170 valence electrons. The molecule has 0 atom stereocenters. The van der Waals surface area contributed by atoms with Gasteiger partial charge in [0.2, 0.25) is 10.0 Å². The SMILES string of the molecule is CCN(CC)S(=O)(=O)c1ccc(O)c(NC(=O)c2ccc3c(c2)[nH]c(=O)c(=O)n3CC)c1. The number of hydrogen-bond donors (Lipinski definition) is 3. The van der Waals surface area contributed by atoms with Gasteiger partial charge >= 0.3 is 11.1 Å². The van der Waals surface area contributed by atoms with E-state index in [1.54, 1.807) is 20.8 Å². The normalized spacial score (nSPS) is 11.8. The van der Waals surface area contributed by atoms with Gasteiger partial charge in [-0.05, 0) is 43.3 Å². The fourth-order valence-electron chi connectivity index (χ4n) is 3.42. The maximum Gasteiger partial charge on any atom is 0.316 e. The van der Waals surface area contributed by atoms with Gasteiger partial charge in [-0.2, -0.15) is 4.31 Å². The molecule has 0 aliphatic rings. The Morgan fingerprint density at radius 1 is 1.09 bits per heavy atom. The van der Waals surface area contributed by atoms with E-state index < -0.39 is 27.0 Å².